The number of aromatic nitrogens is 4. The lowest BCUT2D eigenvalue weighted by atomic mass is 9.30. The van der Waals surface area contributed by atoms with Gasteiger partial charge in [-0.1, -0.05) is 337 Å². The predicted molar refractivity (Wildman–Crippen MR) is 518 cm³/mol. The summed E-state index contributed by atoms with van der Waals surface area (Å²) in [4.78, 5) is 7.76. The van der Waals surface area contributed by atoms with Crippen molar-refractivity contribution in [1.29, 1.82) is 10.5 Å². The Balaban J connectivity index is 0.0000000906. The molecule has 0 aliphatic carbocycles. The summed E-state index contributed by atoms with van der Waals surface area (Å²) in [5.74, 6) is 0. The fourth-order valence-electron chi connectivity index (χ4n) is 24.8. The highest BCUT2D eigenvalue weighted by Gasteiger charge is 2.50. The topological polar surface area (TPSA) is 76.0 Å². The molecule has 124 heavy (non-hydrogen) atoms. The van der Waals surface area contributed by atoms with Crippen LogP contribution in [-0.2, 0) is 21.7 Å². The van der Waals surface area contributed by atoms with Gasteiger partial charge in [-0.3, -0.25) is 0 Å². The summed E-state index contributed by atoms with van der Waals surface area (Å²) in [5, 5.41) is 29.0. The molecule has 0 N–H and O–H groups in total. The molecule has 0 saturated carbocycles. The first-order valence-corrected chi connectivity index (χ1v) is 43.2. The molecule has 12 heteroatoms. The van der Waals surface area contributed by atoms with Crippen LogP contribution >= 0.6 is 0 Å². The van der Waals surface area contributed by atoms with E-state index in [0.29, 0.717) is 11.3 Å². The Morgan fingerprint density at radius 2 is 0.621 bits per heavy atom. The molecule has 12 heterocycles. The van der Waals surface area contributed by atoms with Gasteiger partial charge < -0.3 is 18.3 Å². The van der Waals surface area contributed by atoms with Gasteiger partial charge in [-0.25, -0.2) is 9.69 Å². The lowest BCUT2D eigenvalue weighted by Gasteiger charge is -2.41. The summed E-state index contributed by atoms with van der Waals surface area (Å²) in [6.45, 7) is 35.1. The number of nitriles is 2. The van der Waals surface area contributed by atoms with Crippen molar-refractivity contribution < 1.29 is 0 Å². The van der Waals surface area contributed by atoms with Gasteiger partial charge in [0.15, 0.2) is 11.4 Å². The van der Waals surface area contributed by atoms with Gasteiger partial charge in [0, 0.05) is 98.8 Å². The van der Waals surface area contributed by atoms with Crippen LogP contribution in [0.15, 0.2) is 315 Å². The van der Waals surface area contributed by atoms with Crippen molar-refractivity contribution in [1.82, 2.24) is 18.3 Å². The first-order chi connectivity index (χ1) is 60.5. The molecule has 4 aromatic heterocycles. The van der Waals surface area contributed by atoms with E-state index in [2.05, 4.69) is 381 Å². The Bertz CT molecular complexity index is 8450. The van der Waals surface area contributed by atoms with E-state index in [1.165, 1.54) is 193 Å². The van der Waals surface area contributed by atoms with Crippen LogP contribution in [0.5, 0.6) is 0 Å². The van der Waals surface area contributed by atoms with Crippen LogP contribution in [0, 0.1) is 35.8 Å². The Morgan fingerprint density at radius 1 is 0.266 bits per heavy atom. The summed E-state index contributed by atoms with van der Waals surface area (Å²) in [6.07, 6.45) is 0. The molecule has 0 saturated heterocycles. The van der Waals surface area contributed by atoms with E-state index < -0.39 is 0 Å². The van der Waals surface area contributed by atoms with Crippen LogP contribution in [0.25, 0.3) is 120 Å². The van der Waals surface area contributed by atoms with Crippen LogP contribution in [0.2, 0.25) is 0 Å². The molecule has 0 atom stereocenters. The molecule has 0 fully saturated rings. The van der Waals surface area contributed by atoms with E-state index in [1.807, 2.05) is 30.3 Å². The highest BCUT2D eigenvalue weighted by atomic mass is 15.0. The minimum atomic E-state index is -0.0785. The van der Waals surface area contributed by atoms with Crippen LogP contribution in [0.1, 0.15) is 111 Å². The quantitative estimate of drug-likeness (QED) is 0.112. The minimum Gasteiger partial charge on any atom is -0.312 e. The van der Waals surface area contributed by atoms with Crippen LogP contribution < -0.4 is 65.6 Å². The number of nitrogens with zero attached hydrogens (tertiary/aromatic N) is 8. The molecule has 20 aromatic rings. The minimum absolute atomic E-state index is 0.0610. The van der Waals surface area contributed by atoms with Crippen molar-refractivity contribution in [2.75, 3.05) is 0 Å². The third-order valence-electron chi connectivity index (χ3n) is 29.9. The molecular weight excluding hydrogens is 1500 g/mol. The van der Waals surface area contributed by atoms with Crippen molar-refractivity contribution in [3.63, 3.8) is 0 Å². The average molecular weight is 1580 g/mol. The van der Waals surface area contributed by atoms with E-state index >= 15 is 0 Å². The number of hydrogen-bond donors (Lipinski definition) is 0. The molecule has 0 unspecified atom stereocenters. The first-order valence-electron chi connectivity index (χ1n) is 43.2. The second-order valence-corrected chi connectivity index (χ2v) is 37.1. The Kier molecular flexibility index (Phi) is 14.6. The molecule has 8 aliphatic heterocycles. The zero-order valence-corrected chi connectivity index (χ0v) is 69.9. The number of fused-ring (bicyclic) bond motifs is 28. The fraction of sp³-hybridized carbons (Fsp3) is 0.107. The number of rotatable bonds is 0. The lowest BCUT2D eigenvalue weighted by Crippen LogP contribution is -2.63. The number of hydrogen-bond acceptors (Lipinski definition) is 2. The van der Waals surface area contributed by atoms with Crippen LogP contribution in [0.4, 0.5) is 11.4 Å². The van der Waals surface area contributed by atoms with Crippen LogP contribution in [-0.4, -0.2) is 45.1 Å². The molecule has 16 aromatic carbocycles. The van der Waals surface area contributed by atoms with E-state index in [0.717, 1.165) is 38.4 Å². The summed E-state index contributed by atoms with van der Waals surface area (Å²) in [5.41, 5.74) is 44.7. The smallest absolute Gasteiger partial charge is 0.247 e. The van der Waals surface area contributed by atoms with Gasteiger partial charge in [0.1, 0.15) is 6.07 Å². The van der Waals surface area contributed by atoms with Gasteiger partial charge in [-0.15, -0.1) is 0 Å². The van der Waals surface area contributed by atoms with Gasteiger partial charge in [0.25, 0.3) is 0 Å². The van der Waals surface area contributed by atoms with Gasteiger partial charge in [0.05, 0.1) is 52.4 Å². The SMILES string of the molecule is CC1(C)c2ccccc2B2c3c(cccc31)-n1c3c(C#N)cccc3c3cccc2c31.CC1(C)c2ccccc2B2c3c(cccc31)-n1c3cc(C#N)ccc3c3cccc2c31.[C-]#[N+]c1cc2c3c(c1)c1ccccc1n3-c1cccc3c1B2c1ccccc1C3(C)C.[C-]#[N+]c1ccc2c3c1c1ccccc1n3-c1cccc3c1B2c1ccccc1C3(C)C. The second-order valence-electron chi connectivity index (χ2n) is 37.1. The molecule has 0 radical (unpaired) electrons. The summed E-state index contributed by atoms with van der Waals surface area (Å²) < 4.78 is 9.61. The van der Waals surface area contributed by atoms with Crippen LogP contribution in [0.3, 0.4) is 0 Å². The maximum atomic E-state index is 9.93. The molecule has 28 rings (SSSR count). The maximum Gasteiger partial charge on any atom is 0.247 e. The zero-order valence-electron chi connectivity index (χ0n) is 69.9. The highest BCUT2D eigenvalue weighted by Crippen LogP contribution is 2.48. The standard InChI is InChI=1S/4C28H19BN2/c1-28(2)20-10-5-6-12-22(20)29-23-16-17(30-3)15-19-18-9-4-7-13-24(18)31(27(19)23)25-14-8-11-21(28)26(25)29;1-28(2)18-10-5-6-12-20(18)29-21-15-16-22(30-3)25-17-9-4-7-13-23(17)31(27(21)25)24-14-8-11-19(28)26(24)29;1-28(2)20-11-3-4-13-22(20)29-23-14-6-10-19-18-9-5-8-17(16-30)26(18)31(27(19)23)24-15-7-12-21(28)25(24)29;1-28(2)20-8-3-4-10-22(20)29-23-11-5-7-19-18-14-13-17(16-30)15-25(18)31(27(19)23)24-12-6-9-21(28)26(24)29/h2*4-16H,1-2H3;2*3-15H,1-2H3. The van der Waals surface area contributed by atoms with Crippen molar-refractivity contribution >= 4 is 191 Å². The van der Waals surface area contributed by atoms with E-state index in [9.17, 15) is 10.5 Å². The summed E-state index contributed by atoms with van der Waals surface area (Å²) >= 11 is 0. The fourth-order valence-corrected chi connectivity index (χ4v) is 24.8. The number of benzene rings is 16. The van der Waals surface area contributed by atoms with Crippen molar-refractivity contribution in [3.8, 4) is 34.9 Å². The second kappa shape index (κ2) is 25.3. The van der Waals surface area contributed by atoms with E-state index in [-0.39, 0.29) is 48.5 Å². The summed E-state index contributed by atoms with van der Waals surface area (Å²) in [7, 11) is 0. The Hall–Kier alpha value is -15.1. The molecule has 576 valence electrons. The normalized spacial score (nSPS) is 14.9. The largest absolute Gasteiger partial charge is 0.312 e. The van der Waals surface area contributed by atoms with Gasteiger partial charge in [-0.05, 0) is 154 Å². The lowest BCUT2D eigenvalue weighted by molar-refractivity contribution is 0.645. The predicted octanol–water partition coefficient (Wildman–Crippen LogP) is 17.9. The third kappa shape index (κ3) is 9.11. The maximum absolute atomic E-state index is 9.93. The van der Waals surface area contributed by atoms with Crippen molar-refractivity contribution in [3.05, 3.63) is 394 Å². The zero-order chi connectivity index (χ0) is 83.6. The van der Waals surface area contributed by atoms with E-state index in [1.54, 1.807) is 0 Å². The van der Waals surface area contributed by atoms with Gasteiger partial charge >= 0.3 is 0 Å². The summed E-state index contributed by atoms with van der Waals surface area (Å²) in [6, 6.07) is 119. The first kappa shape index (κ1) is 71.8. The number of para-hydroxylation sites is 5. The molecule has 0 bridgehead atoms. The Labute approximate surface area is 720 Å². The highest BCUT2D eigenvalue weighted by molar-refractivity contribution is 7.01. The average Bonchev–Trinajstić information content (AvgIpc) is 1.44. The van der Waals surface area contributed by atoms with Crippen molar-refractivity contribution in [2.24, 2.45) is 0 Å². The molecule has 0 amide bonds. The molecular formula is C112H76B4N8. The molecule has 8 aliphatic rings. The molecule has 8 nitrogen and oxygen atoms in total. The Morgan fingerprint density at radius 3 is 1.10 bits per heavy atom. The third-order valence-corrected chi connectivity index (χ3v) is 29.9. The van der Waals surface area contributed by atoms with E-state index in [4.69, 9.17) is 13.1 Å². The van der Waals surface area contributed by atoms with Crippen molar-refractivity contribution in [2.45, 2.75) is 77.0 Å². The van der Waals surface area contributed by atoms with Gasteiger partial charge in [0.2, 0.25) is 26.9 Å². The monoisotopic (exact) mass is 1580 g/mol. The van der Waals surface area contributed by atoms with Gasteiger partial charge in [-0.2, -0.15) is 10.5 Å². The molecule has 0 spiro atoms.